The third-order valence-electron chi connectivity index (χ3n) is 5.60. The van der Waals surface area contributed by atoms with Crippen LogP contribution in [0.4, 0.5) is 5.69 Å². The summed E-state index contributed by atoms with van der Waals surface area (Å²) in [6, 6.07) is 14.6. The Labute approximate surface area is 180 Å². The van der Waals surface area contributed by atoms with Crippen LogP contribution in [-0.2, 0) is 11.2 Å². The second kappa shape index (κ2) is 8.56. The Morgan fingerprint density at radius 2 is 1.90 bits per heavy atom. The van der Waals surface area contributed by atoms with Gasteiger partial charge in [0.15, 0.2) is 0 Å². The number of amides is 1. The van der Waals surface area contributed by atoms with Crippen LogP contribution in [0.3, 0.4) is 0 Å². The average molecular weight is 452 g/mol. The molecule has 1 amide bonds. The molecule has 0 saturated heterocycles. The number of hydrogen-bond donors (Lipinski definition) is 2. The first-order valence-corrected chi connectivity index (χ1v) is 11.0. The fourth-order valence-corrected chi connectivity index (χ4v) is 4.30. The molecule has 0 atom stereocenters. The number of rotatable bonds is 7. The van der Waals surface area contributed by atoms with Crippen LogP contribution in [0.25, 0.3) is 22.6 Å². The van der Waals surface area contributed by atoms with Crippen molar-refractivity contribution in [1.29, 1.82) is 0 Å². The topological polar surface area (TPSA) is 48.1 Å². The highest BCUT2D eigenvalue weighted by Gasteiger charge is 2.24. The van der Waals surface area contributed by atoms with E-state index < -0.39 is 0 Å². The summed E-state index contributed by atoms with van der Waals surface area (Å²) in [6.45, 7) is 7.79. The number of aryl methyl sites for hydroxylation is 1. The Morgan fingerprint density at radius 3 is 2.69 bits per heavy atom. The van der Waals surface area contributed by atoms with Gasteiger partial charge in [-0.2, -0.15) is 0 Å². The molecular formula is C24H26BrN3O. The maximum atomic E-state index is 12.4. The number of H-pyrrole nitrogens is 1. The van der Waals surface area contributed by atoms with E-state index in [1.54, 1.807) is 0 Å². The number of nitrogens with one attached hydrogen (secondary N) is 2. The first-order valence-electron chi connectivity index (χ1n) is 10.2. The molecule has 3 aromatic rings. The standard InChI is InChI=1S/C24H26BrN3O/c1-3-28(4-2)11-5-6-16-7-9-22-17(12-16)13-19(26-22)15-21-20-14-18(25)8-10-23(20)27-24(21)29/h7-10,12-15,26H,3-6,11H2,1-2H3,(H,27,29). The summed E-state index contributed by atoms with van der Waals surface area (Å²) in [7, 11) is 0. The molecule has 1 aromatic heterocycles. The minimum atomic E-state index is -0.0613. The van der Waals surface area contributed by atoms with Crippen molar-refractivity contribution in [2.24, 2.45) is 0 Å². The zero-order valence-electron chi connectivity index (χ0n) is 16.9. The van der Waals surface area contributed by atoms with Crippen LogP contribution < -0.4 is 5.32 Å². The van der Waals surface area contributed by atoms with Crippen molar-refractivity contribution in [2.45, 2.75) is 26.7 Å². The number of aromatic amines is 1. The van der Waals surface area contributed by atoms with Gasteiger partial charge in [0, 0.05) is 32.3 Å². The van der Waals surface area contributed by atoms with Gasteiger partial charge in [0.1, 0.15) is 0 Å². The maximum Gasteiger partial charge on any atom is 0.256 e. The van der Waals surface area contributed by atoms with Crippen molar-refractivity contribution in [3.8, 4) is 0 Å². The third-order valence-corrected chi connectivity index (χ3v) is 6.10. The van der Waals surface area contributed by atoms with Crippen LogP contribution >= 0.6 is 15.9 Å². The highest BCUT2D eigenvalue weighted by molar-refractivity contribution is 9.10. The molecule has 0 unspecified atom stereocenters. The van der Waals surface area contributed by atoms with Crippen molar-refractivity contribution < 1.29 is 4.79 Å². The molecule has 0 radical (unpaired) electrons. The Bertz CT molecular complexity index is 1080. The zero-order chi connectivity index (χ0) is 20.4. The number of carbonyl (C=O) groups excluding carboxylic acids is 1. The molecule has 1 aliphatic heterocycles. The van der Waals surface area contributed by atoms with Gasteiger partial charge in [-0.1, -0.05) is 35.8 Å². The molecule has 0 aliphatic carbocycles. The minimum absolute atomic E-state index is 0.0613. The molecule has 0 saturated carbocycles. The number of carbonyl (C=O) groups is 1. The summed E-state index contributed by atoms with van der Waals surface area (Å²) in [4.78, 5) is 18.3. The van der Waals surface area contributed by atoms with Gasteiger partial charge in [-0.3, -0.25) is 4.79 Å². The van der Waals surface area contributed by atoms with Crippen LogP contribution in [0.15, 0.2) is 46.9 Å². The van der Waals surface area contributed by atoms with Gasteiger partial charge in [0.05, 0.1) is 5.57 Å². The van der Waals surface area contributed by atoms with Crippen molar-refractivity contribution in [3.05, 3.63) is 63.8 Å². The monoisotopic (exact) mass is 451 g/mol. The summed E-state index contributed by atoms with van der Waals surface area (Å²) >= 11 is 3.50. The molecule has 5 heteroatoms. The first kappa shape index (κ1) is 19.9. The number of halogens is 1. The number of fused-ring (bicyclic) bond motifs is 2. The predicted octanol–water partition coefficient (Wildman–Crippen LogP) is 5.70. The second-order valence-corrected chi connectivity index (χ2v) is 8.39. The Balaban J connectivity index is 1.55. The van der Waals surface area contributed by atoms with E-state index in [1.807, 2.05) is 24.3 Å². The highest BCUT2D eigenvalue weighted by Crippen LogP contribution is 2.35. The molecule has 2 heterocycles. The van der Waals surface area contributed by atoms with Crippen LogP contribution in [-0.4, -0.2) is 35.4 Å². The Morgan fingerprint density at radius 1 is 1.07 bits per heavy atom. The van der Waals surface area contributed by atoms with E-state index in [-0.39, 0.29) is 5.91 Å². The van der Waals surface area contributed by atoms with Crippen LogP contribution in [0.2, 0.25) is 0 Å². The van der Waals surface area contributed by atoms with Gasteiger partial charge in [-0.05, 0) is 80.5 Å². The smallest absolute Gasteiger partial charge is 0.256 e. The molecule has 4 rings (SSSR count). The molecule has 2 aromatic carbocycles. The van der Waals surface area contributed by atoms with Crippen molar-refractivity contribution in [2.75, 3.05) is 25.0 Å². The number of hydrogen-bond acceptors (Lipinski definition) is 2. The summed E-state index contributed by atoms with van der Waals surface area (Å²) in [5, 5.41) is 4.12. The number of aromatic nitrogens is 1. The van der Waals surface area contributed by atoms with Crippen LogP contribution in [0.1, 0.15) is 37.1 Å². The average Bonchev–Trinajstić information content (AvgIpc) is 3.25. The Hall–Kier alpha value is -2.37. The Kier molecular flexibility index (Phi) is 5.88. The van der Waals surface area contributed by atoms with Gasteiger partial charge in [-0.15, -0.1) is 0 Å². The lowest BCUT2D eigenvalue weighted by Crippen LogP contribution is -2.24. The minimum Gasteiger partial charge on any atom is -0.355 e. The predicted molar refractivity (Wildman–Crippen MR) is 125 cm³/mol. The van der Waals surface area contributed by atoms with Gasteiger partial charge < -0.3 is 15.2 Å². The van der Waals surface area contributed by atoms with E-state index in [0.29, 0.717) is 5.57 Å². The molecule has 150 valence electrons. The largest absolute Gasteiger partial charge is 0.355 e. The quantitative estimate of drug-likeness (QED) is 0.452. The molecule has 29 heavy (non-hydrogen) atoms. The molecule has 1 aliphatic rings. The molecule has 4 nitrogen and oxygen atoms in total. The van der Waals surface area contributed by atoms with Crippen molar-refractivity contribution in [3.63, 3.8) is 0 Å². The van der Waals surface area contributed by atoms with Gasteiger partial charge in [0.2, 0.25) is 0 Å². The first-order chi connectivity index (χ1) is 14.1. The zero-order valence-corrected chi connectivity index (χ0v) is 18.5. The maximum absolute atomic E-state index is 12.4. The lowest BCUT2D eigenvalue weighted by Gasteiger charge is -2.17. The van der Waals surface area contributed by atoms with Crippen molar-refractivity contribution >= 4 is 50.1 Å². The van der Waals surface area contributed by atoms with E-state index in [9.17, 15) is 4.79 Å². The normalized spacial score (nSPS) is 14.8. The number of nitrogens with zero attached hydrogens (tertiary/aromatic N) is 1. The van der Waals surface area contributed by atoms with Crippen LogP contribution in [0, 0.1) is 0 Å². The molecule has 0 bridgehead atoms. The van der Waals surface area contributed by atoms with Gasteiger partial charge >= 0.3 is 0 Å². The number of benzene rings is 2. The van der Waals surface area contributed by atoms with E-state index in [4.69, 9.17) is 0 Å². The van der Waals surface area contributed by atoms with Gasteiger partial charge in [-0.25, -0.2) is 0 Å². The lowest BCUT2D eigenvalue weighted by molar-refractivity contribution is -0.110. The van der Waals surface area contributed by atoms with Gasteiger partial charge in [0.25, 0.3) is 5.91 Å². The lowest BCUT2D eigenvalue weighted by atomic mass is 10.1. The summed E-state index contributed by atoms with van der Waals surface area (Å²) in [5.74, 6) is -0.0613. The fraction of sp³-hybridized carbons (Fsp3) is 0.292. The molecular weight excluding hydrogens is 426 g/mol. The van der Waals surface area contributed by atoms with E-state index in [0.717, 1.165) is 53.0 Å². The van der Waals surface area contributed by atoms with Crippen LogP contribution in [0.5, 0.6) is 0 Å². The second-order valence-electron chi connectivity index (χ2n) is 7.48. The molecule has 0 fully saturated rings. The SMILES string of the molecule is CCN(CC)CCCc1ccc2[nH]c(C=C3C(=O)Nc4ccc(Br)cc43)cc2c1. The molecule has 2 N–H and O–H groups in total. The summed E-state index contributed by atoms with van der Waals surface area (Å²) in [5.41, 5.74) is 5.87. The van der Waals surface area contributed by atoms with E-state index >= 15 is 0 Å². The summed E-state index contributed by atoms with van der Waals surface area (Å²) in [6.07, 6.45) is 4.19. The van der Waals surface area contributed by atoms with Crippen molar-refractivity contribution in [1.82, 2.24) is 9.88 Å². The highest BCUT2D eigenvalue weighted by atomic mass is 79.9. The summed E-state index contributed by atoms with van der Waals surface area (Å²) < 4.78 is 0.963. The fourth-order valence-electron chi connectivity index (χ4n) is 3.94. The molecule has 0 spiro atoms. The third kappa shape index (κ3) is 4.31. The van der Waals surface area contributed by atoms with E-state index in [1.165, 1.54) is 17.4 Å². The van der Waals surface area contributed by atoms with E-state index in [2.05, 4.69) is 69.2 Å². The number of anilines is 1.